The summed E-state index contributed by atoms with van der Waals surface area (Å²) in [6, 6.07) is 5.03. The molecule has 2 aromatic rings. The van der Waals surface area contributed by atoms with Crippen molar-refractivity contribution >= 4 is 22.5 Å². The van der Waals surface area contributed by atoms with Crippen LogP contribution < -0.4 is 10.2 Å². The topological polar surface area (TPSA) is 49.7 Å². The number of hydrogen-bond donors (Lipinski definition) is 1. The average molecular weight is 403 g/mol. The van der Waals surface area contributed by atoms with Crippen molar-refractivity contribution in [1.82, 2.24) is 14.8 Å². The molecule has 7 heteroatoms. The molecule has 2 aliphatic heterocycles. The van der Waals surface area contributed by atoms with Gasteiger partial charge in [-0.05, 0) is 57.4 Å². The Morgan fingerprint density at radius 2 is 2.14 bits per heavy atom. The van der Waals surface area contributed by atoms with E-state index in [4.69, 9.17) is 4.74 Å². The third-order valence-electron chi connectivity index (χ3n) is 6.40. The van der Waals surface area contributed by atoms with Crippen molar-refractivity contribution in [3.8, 4) is 0 Å². The third-order valence-corrected chi connectivity index (χ3v) is 6.40. The zero-order valence-electron chi connectivity index (χ0n) is 17.6. The highest BCUT2D eigenvalue weighted by molar-refractivity contribution is 6.11. The number of unbranched alkanes of at least 4 members (excludes halogenated alkanes) is 1. The van der Waals surface area contributed by atoms with Gasteiger partial charge in [0.15, 0.2) is 0 Å². The Kier molecular flexibility index (Phi) is 5.79. The van der Waals surface area contributed by atoms with E-state index < -0.39 is 0 Å². The quantitative estimate of drug-likeness (QED) is 0.754. The largest absolute Gasteiger partial charge is 0.385 e. The summed E-state index contributed by atoms with van der Waals surface area (Å²) >= 11 is 0. The second-order valence-electron chi connectivity index (χ2n) is 8.17. The van der Waals surface area contributed by atoms with Crippen LogP contribution in [0.25, 0.3) is 10.9 Å². The van der Waals surface area contributed by atoms with Crippen molar-refractivity contribution in [2.45, 2.75) is 51.4 Å². The maximum Gasteiger partial charge on any atom is 0.274 e. The molecule has 1 aromatic heterocycles. The van der Waals surface area contributed by atoms with Crippen molar-refractivity contribution in [3.05, 3.63) is 29.7 Å². The number of carbonyl (C=O) groups is 1. The molecule has 1 unspecified atom stereocenters. The van der Waals surface area contributed by atoms with Gasteiger partial charge in [0, 0.05) is 45.3 Å². The summed E-state index contributed by atoms with van der Waals surface area (Å²) in [5.41, 5.74) is 2.40. The maximum absolute atomic E-state index is 14.1. The van der Waals surface area contributed by atoms with E-state index in [0.717, 1.165) is 55.4 Å². The van der Waals surface area contributed by atoms with E-state index >= 15 is 0 Å². The van der Waals surface area contributed by atoms with Gasteiger partial charge in [0.25, 0.3) is 5.91 Å². The van der Waals surface area contributed by atoms with Crippen LogP contribution in [-0.2, 0) is 11.3 Å². The molecule has 0 radical (unpaired) electrons. The van der Waals surface area contributed by atoms with Gasteiger partial charge in [0.2, 0.25) is 0 Å². The van der Waals surface area contributed by atoms with E-state index in [1.54, 1.807) is 13.2 Å². The standard InChI is InChI=1S/C22H31FN4O2/c1-15-25(2)20-18-9-8-16(23)13-19(18)26(11-4-5-12-29-3)21(20)22(28)27(15)17-7-6-10-24-14-17/h8-9,13,15,17,24H,4-7,10-12,14H2,1-3H3/t15?,17-/m1/s1. The number of carbonyl (C=O) groups excluding carboxylic acids is 1. The summed E-state index contributed by atoms with van der Waals surface area (Å²) in [5.74, 6) is -0.218. The summed E-state index contributed by atoms with van der Waals surface area (Å²) in [4.78, 5) is 18.0. The lowest BCUT2D eigenvalue weighted by Gasteiger charge is -2.46. The third kappa shape index (κ3) is 3.51. The molecule has 158 valence electrons. The molecule has 0 spiro atoms. The van der Waals surface area contributed by atoms with Crippen LogP contribution in [0.15, 0.2) is 18.2 Å². The number of ether oxygens (including phenoxy) is 1. The number of rotatable bonds is 6. The minimum absolute atomic E-state index is 0.0440. The van der Waals surface area contributed by atoms with E-state index in [1.165, 1.54) is 6.07 Å². The molecule has 1 aromatic carbocycles. The first kappa shape index (κ1) is 20.2. The normalized spacial score (nSPS) is 22.4. The predicted molar refractivity (Wildman–Crippen MR) is 113 cm³/mol. The van der Waals surface area contributed by atoms with Crippen molar-refractivity contribution in [1.29, 1.82) is 0 Å². The summed E-state index contributed by atoms with van der Waals surface area (Å²) in [5, 5.41) is 4.37. The first-order valence-corrected chi connectivity index (χ1v) is 10.6. The van der Waals surface area contributed by atoms with E-state index in [1.807, 2.05) is 22.6 Å². The van der Waals surface area contributed by atoms with Crippen LogP contribution in [0, 0.1) is 5.82 Å². The van der Waals surface area contributed by atoms with Gasteiger partial charge in [-0.2, -0.15) is 0 Å². The number of halogens is 1. The minimum Gasteiger partial charge on any atom is -0.385 e. The SMILES string of the molecule is COCCCCn1c2c(c3ccc(F)cc31)N(C)C(C)N([C@@H]1CCCNC1)C2=O. The zero-order chi connectivity index (χ0) is 20.5. The number of fused-ring (bicyclic) bond motifs is 3. The summed E-state index contributed by atoms with van der Waals surface area (Å²) in [6.07, 6.45) is 3.81. The highest BCUT2D eigenvalue weighted by Gasteiger charge is 2.41. The Balaban J connectivity index is 1.80. The van der Waals surface area contributed by atoms with E-state index in [-0.39, 0.29) is 23.9 Å². The molecule has 0 aliphatic carbocycles. The number of benzene rings is 1. The fraction of sp³-hybridized carbons (Fsp3) is 0.591. The van der Waals surface area contributed by atoms with E-state index in [9.17, 15) is 9.18 Å². The predicted octanol–water partition coefficient (Wildman–Crippen LogP) is 3.20. The van der Waals surface area contributed by atoms with Crippen molar-refractivity contribution in [2.75, 3.05) is 38.8 Å². The second-order valence-corrected chi connectivity index (χ2v) is 8.17. The number of nitrogens with one attached hydrogen (secondary N) is 1. The molecular formula is C22H31FN4O2. The van der Waals surface area contributed by atoms with Crippen LogP contribution in [0.1, 0.15) is 43.1 Å². The molecule has 1 N–H and O–H groups in total. The fourth-order valence-corrected chi connectivity index (χ4v) is 4.83. The molecule has 6 nitrogen and oxygen atoms in total. The molecule has 1 amide bonds. The van der Waals surface area contributed by atoms with Crippen molar-refractivity contribution < 1.29 is 13.9 Å². The number of piperidine rings is 1. The highest BCUT2D eigenvalue weighted by atomic mass is 19.1. The van der Waals surface area contributed by atoms with Crippen LogP contribution in [0.4, 0.5) is 10.1 Å². The number of aromatic nitrogens is 1. The monoisotopic (exact) mass is 402 g/mol. The number of nitrogens with zero attached hydrogens (tertiary/aromatic N) is 3. The highest BCUT2D eigenvalue weighted by Crippen LogP contribution is 2.40. The molecule has 4 rings (SSSR count). The lowest BCUT2D eigenvalue weighted by Crippen LogP contribution is -2.59. The Hall–Kier alpha value is -2.12. The number of hydrogen-bond acceptors (Lipinski definition) is 4. The van der Waals surface area contributed by atoms with Gasteiger partial charge in [0.05, 0.1) is 11.2 Å². The average Bonchev–Trinajstić information content (AvgIpc) is 3.04. The number of amides is 1. The van der Waals surface area contributed by atoms with Gasteiger partial charge in [-0.25, -0.2) is 4.39 Å². The molecule has 3 heterocycles. The maximum atomic E-state index is 14.1. The van der Waals surface area contributed by atoms with Gasteiger partial charge in [-0.15, -0.1) is 0 Å². The molecule has 29 heavy (non-hydrogen) atoms. The zero-order valence-corrected chi connectivity index (χ0v) is 17.6. The van der Waals surface area contributed by atoms with Crippen molar-refractivity contribution in [2.24, 2.45) is 0 Å². The molecule has 2 atom stereocenters. The van der Waals surface area contributed by atoms with Crippen molar-refractivity contribution in [3.63, 3.8) is 0 Å². The van der Waals surface area contributed by atoms with Crippen LogP contribution in [0.5, 0.6) is 0 Å². The minimum atomic E-state index is -0.276. The molecule has 1 saturated heterocycles. The molecule has 1 fully saturated rings. The van der Waals surface area contributed by atoms with E-state index in [2.05, 4.69) is 17.1 Å². The van der Waals surface area contributed by atoms with Crippen LogP contribution in [0.3, 0.4) is 0 Å². The molecular weight excluding hydrogens is 371 g/mol. The van der Waals surface area contributed by atoms with Gasteiger partial charge in [-0.1, -0.05) is 0 Å². The lowest BCUT2D eigenvalue weighted by molar-refractivity contribution is 0.0517. The Morgan fingerprint density at radius 3 is 2.86 bits per heavy atom. The Labute approximate surface area is 171 Å². The first-order chi connectivity index (χ1) is 14.0. The number of aryl methyl sites for hydroxylation is 1. The number of anilines is 1. The van der Waals surface area contributed by atoms with Gasteiger partial charge in [0.1, 0.15) is 17.7 Å². The van der Waals surface area contributed by atoms with E-state index in [0.29, 0.717) is 18.8 Å². The van der Waals surface area contributed by atoms with Gasteiger partial charge in [-0.3, -0.25) is 4.79 Å². The van der Waals surface area contributed by atoms with Gasteiger partial charge >= 0.3 is 0 Å². The summed E-state index contributed by atoms with van der Waals surface area (Å²) in [6.45, 7) is 5.26. The molecule has 0 bridgehead atoms. The second kappa shape index (κ2) is 8.32. The first-order valence-electron chi connectivity index (χ1n) is 10.6. The van der Waals surface area contributed by atoms with Crippen LogP contribution in [0.2, 0.25) is 0 Å². The van der Waals surface area contributed by atoms with Crippen LogP contribution in [-0.4, -0.2) is 61.4 Å². The Morgan fingerprint density at radius 1 is 1.31 bits per heavy atom. The molecule has 2 aliphatic rings. The molecule has 0 saturated carbocycles. The fourth-order valence-electron chi connectivity index (χ4n) is 4.83. The smallest absolute Gasteiger partial charge is 0.274 e. The summed E-state index contributed by atoms with van der Waals surface area (Å²) in [7, 11) is 3.73. The summed E-state index contributed by atoms with van der Waals surface area (Å²) < 4.78 is 21.3. The Bertz CT molecular complexity index is 891. The lowest BCUT2D eigenvalue weighted by atomic mass is 10.0. The number of methoxy groups -OCH3 is 1. The van der Waals surface area contributed by atoms with Gasteiger partial charge < -0.3 is 24.4 Å². The van der Waals surface area contributed by atoms with Crippen LogP contribution >= 0.6 is 0 Å².